The Morgan fingerprint density at radius 3 is 2.50 bits per heavy atom. The Bertz CT molecular complexity index is 446. The number of anilines is 1. The molecule has 4 heteroatoms. The summed E-state index contributed by atoms with van der Waals surface area (Å²) in [6.07, 6.45) is 10.9. The molecular formula is C16H26N4. The molecule has 0 atom stereocenters. The predicted octanol–water partition coefficient (Wildman–Crippen LogP) is 2.76. The third-order valence-electron chi connectivity index (χ3n) is 4.79. The molecule has 1 saturated carbocycles. The van der Waals surface area contributed by atoms with Crippen molar-refractivity contribution in [3.8, 4) is 0 Å². The normalized spacial score (nSPS) is 22.2. The molecule has 1 saturated heterocycles. The van der Waals surface area contributed by atoms with Crippen molar-refractivity contribution in [1.82, 2.24) is 9.97 Å². The van der Waals surface area contributed by atoms with E-state index in [1.54, 1.807) is 0 Å². The average Bonchev–Trinajstić information content (AvgIpc) is 2.49. The van der Waals surface area contributed by atoms with E-state index < -0.39 is 0 Å². The van der Waals surface area contributed by atoms with Crippen LogP contribution in [0.1, 0.15) is 62.4 Å². The van der Waals surface area contributed by atoms with Crippen LogP contribution < -0.4 is 10.6 Å². The fourth-order valence-electron chi connectivity index (χ4n) is 3.54. The summed E-state index contributed by atoms with van der Waals surface area (Å²) in [5, 5.41) is 0. The molecule has 0 bridgehead atoms. The maximum absolute atomic E-state index is 6.02. The molecule has 0 unspecified atom stereocenters. The van der Waals surface area contributed by atoms with E-state index in [0.717, 1.165) is 31.8 Å². The second kappa shape index (κ2) is 6.08. The third kappa shape index (κ3) is 2.95. The standard InChI is InChI=1S/C16H26N4/c1-12-18-11-15(20-9-7-14(17)8-10-20)16(19-12)13-5-3-2-4-6-13/h11,13-14H,2-10,17H2,1H3. The zero-order chi connectivity index (χ0) is 13.9. The molecular weight excluding hydrogens is 248 g/mol. The molecule has 20 heavy (non-hydrogen) atoms. The van der Waals surface area contributed by atoms with Gasteiger partial charge in [0.25, 0.3) is 0 Å². The lowest BCUT2D eigenvalue weighted by atomic mass is 9.86. The molecule has 2 N–H and O–H groups in total. The molecule has 0 spiro atoms. The smallest absolute Gasteiger partial charge is 0.125 e. The van der Waals surface area contributed by atoms with Crippen LogP contribution in [-0.2, 0) is 0 Å². The SMILES string of the molecule is Cc1ncc(N2CCC(N)CC2)c(C2CCCCC2)n1. The molecule has 1 aromatic heterocycles. The zero-order valence-corrected chi connectivity index (χ0v) is 12.5. The number of piperidine rings is 1. The highest BCUT2D eigenvalue weighted by molar-refractivity contribution is 5.51. The van der Waals surface area contributed by atoms with E-state index in [9.17, 15) is 0 Å². The predicted molar refractivity (Wildman–Crippen MR) is 82.0 cm³/mol. The molecule has 110 valence electrons. The molecule has 0 radical (unpaired) electrons. The van der Waals surface area contributed by atoms with Crippen molar-refractivity contribution in [3.63, 3.8) is 0 Å². The van der Waals surface area contributed by atoms with E-state index in [-0.39, 0.29) is 0 Å². The zero-order valence-electron chi connectivity index (χ0n) is 12.5. The fraction of sp³-hybridized carbons (Fsp3) is 0.750. The summed E-state index contributed by atoms with van der Waals surface area (Å²) in [4.78, 5) is 11.7. The Morgan fingerprint density at radius 1 is 1.10 bits per heavy atom. The molecule has 3 rings (SSSR count). The summed E-state index contributed by atoms with van der Waals surface area (Å²) in [5.41, 5.74) is 8.59. The van der Waals surface area contributed by atoms with E-state index in [0.29, 0.717) is 12.0 Å². The van der Waals surface area contributed by atoms with Gasteiger partial charge >= 0.3 is 0 Å². The van der Waals surface area contributed by atoms with Gasteiger partial charge in [0, 0.05) is 25.0 Å². The molecule has 0 aromatic carbocycles. The first kappa shape index (κ1) is 13.8. The van der Waals surface area contributed by atoms with Crippen molar-refractivity contribution in [3.05, 3.63) is 17.7 Å². The Morgan fingerprint density at radius 2 is 1.80 bits per heavy atom. The van der Waals surface area contributed by atoms with E-state index >= 15 is 0 Å². The summed E-state index contributed by atoms with van der Waals surface area (Å²) in [6, 6.07) is 0.371. The monoisotopic (exact) mass is 274 g/mol. The van der Waals surface area contributed by atoms with Crippen molar-refractivity contribution < 1.29 is 0 Å². The minimum absolute atomic E-state index is 0.371. The van der Waals surface area contributed by atoms with Gasteiger partial charge in [-0.15, -0.1) is 0 Å². The van der Waals surface area contributed by atoms with Crippen LogP contribution >= 0.6 is 0 Å². The van der Waals surface area contributed by atoms with Gasteiger partial charge in [-0.3, -0.25) is 0 Å². The summed E-state index contributed by atoms with van der Waals surface area (Å²) in [5.74, 6) is 1.54. The number of rotatable bonds is 2. The van der Waals surface area contributed by atoms with Gasteiger partial charge in [0.2, 0.25) is 0 Å². The maximum Gasteiger partial charge on any atom is 0.125 e. The first-order chi connectivity index (χ1) is 9.74. The van der Waals surface area contributed by atoms with Gasteiger partial charge in [-0.05, 0) is 32.6 Å². The Hall–Kier alpha value is -1.16. The van der Waals surface area contributed by atoms with Crippen LogP contribution in [0.15, 0.2) is 6.20 Å². The third-order valence-corrected chi connectivity index (χ3v) is 4.79. The van der Waals surface area contributed by atoms with Crippen LogP contribution in [0, 0.1) is 6.92 Å². The highest BCUT2D eigenvalue weighted by atomic mass is 15.2. The van der Waals surface area contributed by atoms with Gasteiger partial charge in [0.15, 0.2) is 0 Å². The highest BCUT2D eigenvalue weighted by Gasteiger charge is 2.25. The van der Waals surface area contributed by atoms with Crippen LogP contribution in [0.4, 0.5) is 5.69 Å². The Balaban J connectivity index is 1.85. The van der Waals surface area contributed by atoms with Crippen molar-refractivity contribution in [1.29, 1.82) is 0 Å². The van der Waals surface area contributed by atoms with Crippen LogP contribution in [0.25, 0.3) is 0 Å². The first-order valence-electron chi connectivity index (χ1n) is 8.08. The summed E-state index contributed by atoms with van der Waals surface area (Å²) < 4.78 is 0. The van der Waals surface area contributed by atoms with Gasteiger partial charge < -0.3 is 10.6 Å². The molecule has 2 aliphatic rings. The number of aryl methyl sites for hydroxylation is 1. The molecule has 4 nitrogen and oxygen atoms in total. The average molecular weight is 274 g/mol. The quantitative estimate of drug-likeness (QED) is 0.901. The Labute approximate surface area is 121 Å². The van der Waals surface area contributed by atoms with Crippen LogP contribution in [0.5, 0.6) is 0 Å². The molecule has 1 aromatic rings. The van der Waals surface area contributed by atoms with Gasteiger partial charge in [0.05, 0.1) is 17.6 Å². The maximum atomic E-state index is 6.02. The topological polar surface area (TPSA) is 55.0 Å². The fourth-order valence-corrected chi connectivity index (χ4v) is 3.54. The van der Waals surface area contributed by atoms with Crippen LogP contribution in [0.2, 0.25) is 0 Å². The molecule has 0 amide bonds. The van der Waals surface area contributed by atoms with Gasteiger partial charge in [-0.1, -0.05) is 19.3 Å². The summed E-state index contributed by atoms with van der Waals surface area (Å²) in [7, 11) is 0. The lowest BCUT2D eigenvalue weighted by Gasteiger charge is -2.34. The molecule has 2 fully saturated rings. The number of nitrogens with zero attached hydrogens (tertiary/aromatic N) is 3. The first-order valence-corrected chi connectivity index (χ1v) is 8.08. The van der Waals surface area contributed by atoms with Gasteiger partial charge in [-0.2, -0.15) is 0 Å². The number of hydrogen-bond donors (Lipinski definition) is 1. The lowest BCUT2D eigenvalue weighted by molar-refractivity contribution is 0.432. The van der Waals surface area contributed by atoms with E-state index in [1.165, 1.54) is 43.5 Å². The second-order valence-corrected chi connectivity index (χ2v) is 6.35. The minimum atomic E-state index is 0.371. The van der Waals surface area contributed by atoms with Crippen molar-refractivity contribution in [2.24, 2.45) is 5.73 Å². The Kier molecular flexibility index (Phi) is 4.20. The number of nitrogens with two attached hydrogens (primary N) is 1. The number of aromatic nitrogens is 2. The van der Waals surface area contributed by atoms with E-state index in [2.05, 4.69) is 9.88 Å². The van der Waals surface area contributed by atoms with E-state index in [1.807, 2.05) is 13.1 Å². The largest absolute Gasteiger partial charge is 0.369 e. The van der Waals surface area contributed by atoms with Crippen LogP contribution in [0.3, 0.4) is 0 Å². The number of hydrogen-bond acceptors (Lipinski definition) is 4. The highest BCUT2D eigenvalue weighted by Crippen LogP contribution is 2.36. The van der Waals surface area contributed by atoms with Gasteiger partial charge in [-0.25, -0.2) is 9.97 Å². The van der Waals surface area contributed by atoms with Crippen molar-refractivity contribution in [2.45, 2.75) is 63.8 Å². The molecule has 1 aliphatic carbocycles. The molecule has 1 aliphatic heterocycles. The summed E-state index contributed by atoms with van der Waals surface area (Å²) in [6.45, 7) is 4.10. The van der Waals surface area contributed by atoms with Crippen molar-refractivity contribution in [2.75, 3.05) is 18.0 Å². The summed E-state index contributed by atoms with van der Waals surface area (Å²) >= 11 is 0. The van der Waals surface area contributed by atoms with Gasteiger partial charge in [0.1, 0.15) is 5.82 Å². The molecule has 2 heterocycles. The van der Waals surface area contributed by atoms with E-state index in [4.69, 9.17) is 10.7 Å². The second-order valence-electron chi connectivity index (χ2n) is 6.35. The minimum Gasteiger partial charge on any atom is -0.369 e. The lowest BCUT2D eigenvalue weighted by Crippen LogP contribution is -2.40. The van der Waals surface area contributed by atoms with Crippen LogP contribution in [-0.4, -0.2) is 29.1 Å². The van der Waals surface area contributed by atoms with Crippen molar-refractivity contribution >= 4 is 5.69 Å².